The lowest BCUT2D eigenvalue weighted by Gasteiger charge is -2.13. The van der Waals surface area contributed by atoms with E-state index >= 15 is 0 Å². The van der Waals surface area contributed by atoms with E-state index in [0.717, 1.165) is 16.5 Å². The molecule has 4 aromatic rings. The number of rotatable bonds is 7. The maximum absolute atomic E-state index is 12.4. The van der Waals surface area contributed by atoms with Crippen LogP contribution in [0.3, 0.4) is 0 Å². The van der Waals surface area contributed by atoms with Crippen molar-refractivity contribution in [1.82, 2.24) is 9.97 Å². The molecule has 2 aromatic carbocycles. The van der Waals surface area contributed by atoms with Crippen LogP contribution < -0.4 is 19.5 Å². The first-order chi connectivity index (χ1) is 15.2. The van der Waals surface area contributed by atoms with Crippen LogP contribution >= 0.6 is 0 Å². The average Bonchev–Trinajstić information content (AvgIpc) is 2.79. The van der Waals surface area contributed by atoms with Crippen LogP contribution in [0.2, 0.25) is 0 Å². The van der Waals surface area contributed by atoms with Crippen molar-refractivity contribution in [3.8, 4) is 23.0 Å². The number of amides is 1. The highest BCUT2D eigenvalue weighted by Crippen LogP contribution is 2.37. The zero-order valence-electron chi connectivity index (χ0n) is 17.2. The monoisotopic (exact) mass is 415 g/mol. The van der Waals surface area contributed by atoms with E-state index in [4.69, 9.17) is 14.2 Å². The van der Waals surface area contributed by atoms with Gasteiger partial charge in [0.1, 0.15) is 11.5 Å². The fourth-order valence-electron chi connectivity index (χ4n) is 3.19. The van der Waals surface area contributed by atoms with Crippen molar-refractivity contribution < 1.29 is 19.0 Å². The molecule has 7 nitrogen and oxygen atoms in total. The Kier molecular flexibility index (Phi) is 5.93. The minimum atomic E-state index is -0.116. The molecular weight excluding hydrogens is 394 g/mol. The van der Waals surface area contributed by atoms with Gasteiger partial charge in [0, 0.05) is 41.8 Å². The number of ether oxygens (including phenoxy) is 3. The Morgan fingerprint density at radius 2 is 1.68 bits per heavy atom. The highest BCUT2D eigenvalue weighted by molar-refractivity contribution is 5.92. The lowest BCUT2D eigenvalue weighted by molar-refractivity contribution is -0.115. The lowest BCUT2D eigenvalue weighted by atomic mass is 10.1. The van der Waals surface area contributed by atoms with Gasteiger partial charge in [0.15, 0.2) is 11.5 Å². The van der Waals surface area contributed by atoms with E-state index in [2.05, 4.69) is 15.3 Å². The molecule has 0 unspecified atom stereocenters. The summed E-state index contributed by atoms with van der Waals surface area (Å²) in [4.78, 5) is 20.7. The number of hydrogen-bond acceptors (Lipinski definition) is 6. The fraction of sp³-hybridized carbons (Fsp3) is 0.125. The van der Waals surface area contributed by atoms with Gasteiger partial charge in [-0.3, -0.25) is 14.8 Å². The number of anilines is 1. The number of aromatic nitrogens is 2. The summed E-state index contributed by atoms with van der Waals surface area (Å²) in [5.74, 6) is 2.27. The van der Waals surface area contributed by atoms with Crippen molar-refractivity contribution in [3.63, 3.8) is 0 Å². The summed E-state index contributed by atoms with van der Waals surface area (Å²) in [6.07, 6.45) is 5.27. The molecule has 2 aromatic heterocycles. The van der Waals surface area contributed by atoms with Crippen LogP contribution in [-0.4, -0.2) is 30.1 Å². The minimum absolute atomic E-state index is 0.116. The summed E-state index contributed by atoms with van der Waals surface area (Å²) in [5, 5.41) is 3.68. The third kappa shape index (κ3) is 4.72. The van der Waals surface area contributed by atoms with Crippen LogP contribution in [0.4, 0.5) is 5.69 Å². The molecule has 0 saturated heterocycles. The van der Waals surface area contributed by atoms with Gasteiger partial charge in [0.2, 0.25) is 5.91 Å². The summed E-state index contributed by atoms with van der Waals surface area (Å²) in [6.45, 7) is 0. The fourth-order valence-corrected chi connectivity index (χ4v) is 3.19. The van der Waals surface area contributed by atoms with E-state index in [1.54, 1.807) is 51.0 Å². The molecular formula is C24H21N3O4. The molecule has 0 aliphatic heterocycles. The molecule has 156 valence electrons. The second-order valence-corrected chi connectivity index (χ2v) is 6.74. The molecule has 7 heteroatoms. The van der Waals surface area contributed by atoms with Crippen LogP contribution in [-0.2, 0) is 11.2 Å². The molecule has 0 saturated carbocycles. The van der Waals surface area contributed by atoms with Gasteiger partial charge in [-0.2, -0.15) is 0 Å². The summed E-state index contributed by atoms with van der Waals surface area (Å²) in [5.41, 5.74) is 2.26. The molecule has 2 heterocycles. The van der Waals surface area contributed by atoms with E-state index in [-0.39, 0.29) is 12.3 Å². The zero-order chi connectivity index (χ0) is 21.6. The van der Waals surface area contributed by atoms with Crippen molar-refractivity contribution in [2.24, 2.45) is 0 Å². The first-order valence-corrected chi connectivity index (χ1v) is 9.63. The lowest BCUT2D eigenvalue weighted by Crippen LogP contribution is -2.14. The van der Waals surface area contributed by atoms with Crippen LogP contribution in [0.1, 0.15) is 5.56 Å². The van der Waals surface area contributed by atoms with Crippen LogP contribution in [0.15, 0.2) is 73.2 Å². The van der Waals surface area contributed by atoms with Crippen LogP contribution in [0, 0.1) is 0 Å². The van der Waals surface area contributed by atoms with Gasteiger partial charge >= 0.3 is 0 Å². The second-order valence-electron chi connectivity index (χ2n) is 6.74. The predicted molar refractivity (Wildman–Crippen MR) is 118 cm³/mol. The smallest absolute Gasteiger partial charge is 0.228 e. The predicted octanol–water partition coefficient (Wildman–Crippen LogP) is 4.62. The molecule has 4 rings (SSSR count). The number of hydrogen-bond donors (Lipinski definition) is 1. The Balaban J connectivity index is 1.55. The van der Waals surface area contributed by atoms with E-state index in [9.17, 15) is 4.79 Å². The van der Waals surface area contributed by atoms with Crippen molar-refractivity contribution in [3.05, 3.63) is 78.8 Å². The van der Waals surface area contributed by atoms with Gasteiger partial charge < -0.3 is 19.5 Å². The number of carbonyl (C=O) groups is 1. The molecule has 0 aliphatic rings. The number of nitrogens with one attached hydrogen (secondary N) is 1. The van der Waals surface area contributed by atoms with Gasteiger partial charge in [0.25, 0.3) is 0 Å². The average molecular weight is 415 g/mol. The van der Waals surface area contributed by atoms with Gasteiger partial charge in [-0.25, -0.2) is 0 Å². The minimum Gasteiger partial charge on any atom is -0.493 e. The van der Waals surface area contributed by atoms with Crippen molar-refractivity contribution in [1.29, 1.82) is 0 Å². The molecule has 31 heavy (non-hydrogen) atoms. The SMILES string of the molecule is COc1cc2nccc(Oc3cccc(NC(=O)Cc4ccncc4)c3)c2cc1OC. The molecule has 0 fully saturated rings. The summed E-state index contributed by atoms with van der Waals surface area (Å²) >= 11 is 0. The van der Waals surface area contributed by atoms with Gasteiger partial charge in [-0.05, 0) is 42.0 Å². The molecule has 0 spiro atoms. The Labute approximate surface area is 179 Å². The summed E-state index contributed by atoms with van der Waals surface area (Å²) in [7, 11) is 3.16. The number of pyridine rings is 2. The first-order valence-electron chi connectivity index (χ1n) is 9.63. The summed E-state index contributed by atoms with van der Waals surface area (Å²) < 4.78 is 16.9. The number of carbonyl (C=O) groups excluding carboxylic acids is 1. The third-order valence-corrected chi connectivity index (χ3v) is 4.67. The highest BCUT2D eigenvalue weighted by atomic mass is 16.5. The number of nitrogens with zero attached hydrogens (tertiary/aromatic N) is 2. The van der Waals surface area contributed by atoms with Crippen molar-refractivity contribution >= 4 is 22.5 Å². The van der Waals surface area contributed by atoms with E-state index in [1.165, 1.54) is 0 Å². The Bertz CT molecular complexity index is 1210. The van der Waals surface area contributed by atoms with Crippen molar-refractivity contribution in [2.45, 2.75) is 6.42 Å². The van der Waals surface area contributed by atoms with E-state index in [1.807, 2.05) is 36.4 Å². The Morgan fingerprint density at radius 1 is 0.903 bits per heavy atom. The standard InChI is InChI=1S/C24H21N3O4/c1-29-22-14-19-20(15-23(22)30-2)26-11-8-21(19)31-18-5-3-4-17(13-18)27-24(28)12-16-6-9-25-10-7-16/h3-11,13-15H,12H2,1-2H3,(H,27,28). The van der Waals surface area contributed by atoms with Crippen LogP contribution in [0.5, 0.6) is 23.0 Å². The van der Waals surface area contributed by atoms with Gasteiger partial charge in [-0.1, -0.05) is 6.07 Å². The van der Waals surface area contributed by atoms with Crippen molar-refractivity contribution in [2.75, 3.05) is 19.5 Å². The van der Waals surface area contributed by atoms with E-state index < -0.39 is 0 Å². The number of benzene rings is 2. The zero-order valence-corrected chi connectivity index (χ0v) is 17.2. The molecule has 0 radical (unpaired) electrons. The summed E-state index contributed by atoms with van der Waals surface area (Å²) in [6, 6.07) is 16.3. The number of methoxy groups -OCH3 is 2. The van der Waals surface area contributed by atoms with Gasteiger partial charge in [-0.15, -0.1) is 0 Å². The van der Waals surface area contributed by atoms with Gasteiger partial charge in [0.05, 0.1) is 26.2 Å². The maximum Gasteiger partial charge on any atom is 0.228 e. The molecule has 0 atom stereocenters. The molecule has 0 bridgehead atoms. The topological polar surface area (TPSA) is 82.6 Å². The normalized spacial score (nSPS) is 10.5. The molecule has 1 N–H and O–H groups in total. The molecule has 1 amide bonds. The number of fused-ring (bicyclic) bond motifs is 1. The Morgan fingerprint density at radius 3 is 2.45 bits per heavy atom. The van der Waals surface area contributed by atoms with E-state index in [0.29, 0.717) is 28.7 Å². The van der Waals surface area contributed by atoms with Crippen LogP contribution in [0.25, 0.3) is 10.9 Å². The third-order valence-electron chi connectivity index (χ3n) is 4.67. The quantitative estimate of drug-likeness (QED) is 0.474. The maximum atomic E-state index is 12.4. The highest BCUT2D eigenvalue weighted by Gasteiger charge is 2.12. The first kappa shape index (κ1) is 20.2. The second kappa shape index (κ2) is 9.13. The molecule has 0 aliphatic carbocycles. The Hall–Kier alpha value is -4.13. The largest absolute Gasteiger partial charge is 0.493 e.